The lowest BCUT2D eigenvalue weighted by Crippen LogP contribution is -2.33. The molecule has 0 atom stereocenters. The number of benzene rings is 2. The molecular formula is C14H14N6O. The van der Waals surface area contributed by atoms with E-state index in [1.807, 2.05) is 43.4 Å². The molecule has 0 spiro atoms. The van der Waals surface area contributed by atoms with E-state index in [4.69, 9.17) is 0 Å². The van der Waals surface area contributed by atoms with Gasteiger partial charge in [-0.25, -0.2) is 9.48 Å². The number of carbonyl (C=O) groups excluding carboxylic acids is 1. The smallest absolute Gasteiger partial charge is 0.306 e. The Labute approximate surface area is 120 Å². The minimum Gasteiger partial charge on any atom is -0.306 e. The van der Waals surface area contributed by atoms with Crippen molar-refractivity contribution < 1.29 is 4.79 Å². The van der Waals surface area contributed by atoms with Crippen molar-refractivity contribution in [1.82, 2.24) is 20.4 Å². The van der Waals surface area contributed by atoms with Crippen LogP contribution in [0.5, 0.6) is 0 Å². The molecule has 7 heteroatoms. The first-order chi connectivity index (χ1) is 10.2. The fraction of sp³-hybridized carbons (Fsp3) is 0.0714. The Morgan fingerprint density at radius 3 is 2.71 bits per heavy atom. The van der Waals surface area contributed by atoms with E-state index in [2.05, 4.69) is 26.5 Å². The Hall–Kier alpha value is -3.09. The third-order valence-electron chi connectivity index (χ3n) is 2.96. The van der Waals surface area contributed by atoms with Crippen molar-refractivity contribution in [2.24, 2.45) is 7.05 Å². The molecule has 0 fully saturated rings. The van der Waals surface area contributed by atoms with Gasteiger partial charge in [-0.2, -0.15) is 0 Å². The van der Waals surface area contributed by atoms with Gasteiger partial charge >= 0.3 is 6.03 Å². The highest BCUT2D eigenvalue weighted by Gasteiger charge is 2.05. The van der Waals surface area contributed by atoms with Gasteiger partial charge in [-0.15, -0.1) is 5.10 Å². The molecule has 1 aromatic heterocycles. The summed E-state index contributed by atoms with van der Waals surface area (Å²) in [4.78, 5) is 11.8. The SMILES string of the molecule is Cn1nnc2cc(NC(=O)NNc3ccccc3)ccc21. The number of fused-ring (bicyclic) bond motifs is 1. The Bertz CT molecular complexity index is 767. The highest BCUT2D eigenvalue weighted by molar-refractivity contribution is 5.92. The lowest BCUT2D eigenvalue weighted by Gasteiger charge is -2.09. The van der Waals surface area contributed by atoms with Crippen LogP contribution >= 0.6 is 0 Å². The van der Waals surface area contributed by atoms with Crippen LogP contribution in [0, 0.1) is 0 Å². The number of nitrogens with one attached hydrogen (secondary N) is 3. The summed E-state index contributed by atoms with van der Waals surface area (Å²) in [7, 11) is 1.82. The first-order valence-corrected chi connectivity index (χ1v) is 6.40. The zero-order valence-electron chi connectivity index (χ0n) is 11.4. The summed E-state index contributed by atoms with van der Waals surface area (Å²) in [5.41, 5.74) is 8.46. The van der Waals surface area contributed by atoms with E-state index < -0.39 is 0 Å². The second-order valence-electron chi connectivity index (χ2n) is 4.49. The van der Waals surface area contributed by atoms with Crippen LogP contribution in [0.4, 0.5) is 16.2 Å². The molecule has 3 rings (SSSR count). The molecule has 7 nitrogen and oxygen atoms in total. The second kappa shape index (κ2) is 5.49. The molecule has 2 amide bonds. The van der Waals surface area contributed by atoms with Gasteiger partial charge in [-0.3, -0.25) is 10.9 Å². The first-order valence-electron chi connectivity index (χ1n) is 6.40. The molecule has 106 valence electrons. The van der Waals surface area contributed by atoms with Crippen LogP contribution in [0.3, 0.4) is 0 Å². The minimum atomic E-state index is -0.359. The summed E-state index contributed by atoms with van der Waals surface area (Å²) in [5, 5.41) is 10.6. The summed E-state index contributed by atoms with van der Waals surface area (Å²) in [6.45, 7) is 0. The van der Waals surface area contributed by atoms with Gasteiger partial charge < -0.3 is 5.32 Å². The number of hydrogen-bond acceptors (Lipinski definition) is 4. The average Bonchev–Trinajstić information content (AvgIpc) is 2.87. The molecule has 2 aromatic carbocycles. The maximum atomic E-state index is 11.8. The van der Waals surface area contributed by atoms with Gasteiger partial charge in [0.2, 0.25) is 0 Å². The van der Waals surface area contributed by atoms with E-state index in [0.717, 1.165) is 16.7 Å². The zero-order valence-corrected chi connectivity index (χ0v) is 11.4. The van der Waals surface area contributed by atoms with Crippen LogP contribution in [0.1, 0.15) is 0 Å². The van der Waals surface area contributed by atoms with E-state index in [1.54, 1.807) is 16.8 Å². The molecule has 0 aliphatic rings. The number of aryl methyl sites for hydroxylation is 1. The predicted molar refractivity (Wildman–Crippen MR) is 80.7 cm³/mol. The van der Waals surface area contributed by atoms with Crippen LogP contribution in [-0.4, -0.2) is 21.0 Å². The molecule has 3 aromatic rings. The van der Waals surface area contributed by atoms with Gasteiger partial charge in [0, 0.05) is 12.7 Å². The second-order valence-corrected chi connectivity index (χ2v) is 4.49. The molecule has 0 radical (unpaired) electrons. The number of rotatable bonds is 3. The number of para-hydroxylation sites is 1. The lowest BCUT2D eigenvalue weighted by molar-refractivity contribution is 0.254. The summed E-state index contributed by atoms with van der Waals surface area (Å²) in [6, 6.07) is 14.4. The minimum absolute atomic E-state index is 0.359. The quantitative estimate of drug-likeness (QED) is 0.642. The van der Waals surface area contributed by atoms with E-state index in [1.165, 1.54) is 0 Å². The van der Waals surface area contributed by atoms with Crippen molar-refractivity contribution >= 4 is 28.4 Å². The van der Waals surface area contributed by atoms with Crippen molar-refractivity contribution in [1.29, 1.82) is 0 Å². The van der Waals surface area contributed by atoms with Crippen molar-refractivity contribution in [2.45, 2.75) is 0 Å². The maximum absolute atomic E-state index is 11.8. The van der Waals surface area contributed by atoms with E-state index >= 15 is 0 Å². The van der Waals surface area contributed by atoms with Gasteiger partial charge in [0.25, 0.3) is 0 Å². The molecule has 1 heterocycles. The van der Waals surface area contributed by atoms with E-state index in [0.29, 0.717) is 5.69 Å². The molecule has 0 bridgehead atoms. The van der Waals surface area contributed by atoms with Gasteiger partial charge in [-0.05, 0) is 30.3 Å². The van der Waals surface area contributed by atoms with E-state index in [-0.39, 0.29) is 6.03 Å². The zero-order chi connectivity index (χ0) is 14.7. The Balaban J connectivity index is 1.63. The largest absolute Gasteiger partial charge is 0.337 e. The van der Waals surface area contributed by atoms with Gasteiger partial charge in [0.05, 0.1) is 11.2 Å². The number of carbonyl (C=O) groups is 1. The topological polar surface area (TPSA) is 83.9 Å². The van der Waals surface area contributed by atoms with Crippen LogP contribution in [0.15, 0.2) is 48.5 Å². The fourth-order valence-electron chi connectivity index (χ4n) is 1.93. The fourth-order valence-corrected chi connectivity index (χ4v) is 1.93. The molecular weight excluding hydrogens is 268 g/mol. The summed E-state index contributed by atoms with van der Waals surface area (Å²) in [6.07, 6.45) is 0. The van der Waals surface area contributed by atoms with Crippen LogP contribution in [0.2, 0.25) is 0 Å². The lowest BCUT2D eigenvalue weighted by atomic mass is 10.3. The predicted octanol–water partition coefficient (Wildman–Crippen LogP) is 2.12. The number of hydrogen-bond donors (Lipinski definition) is 3. The molecule has 0 unspecified atom stereocenters. The Morgan fingerprint density at radius 2 is 1.90 bits per heavy atom. The number of amides is 2. The third kappa shape index (κ3) is 2.92. The molecule has 0 saturated heterocycles. The Kier molecular flexibility index (Phi) is 3.38. The third-order valence-corrected chi connectivity index (χ3v) is 2.96. The highest BCUT2D eigenvalue weighted by Crippen LogP contribution is 2.16. The van der Waals surface area contributed by atoms with Crippen LogP contribution in [-0.2, 0) is 7.05 Å². The molecule has 0 aliphatic heterocycles. The van der Waals surface area contributed by atoms with Crippen molar-refractivity contribution in [3.8, 4) is 0 Å². The van der Waals surface area contributed by atoms with Crippen LogP contribution < -0.4 is 16.2 Å². The van der Waals surface area contributed by atoms with Crippen molar-refractivity contribution in [2.75, 3.05) is 10.7 Å². The summed E-state index contributed by atoms with van der Waals surface area (Å²) < 4.78 is 1.68. The Morgan fingerprint density at radius 1 is 1.10 bits per heavy atom. The van der Waals surface area contributed by atoms with Crippen molar-refractivity contribution in [3.05, 3.63) is 48.5 Å². The number of nitrogens with zero attached hydrogens (tertiary/aromatic N) is 3. The first kappa shape index (κ1) is 12.9. The number of hydrazine groups is 1. The molecule has 0 saturated carbocycles. The highest BCUT2D eigenvalue weighted by atomic mass is 16.2. The van der Waals surface area contributed by atoms with Crippen molar-refractivity contribution in [3.63, 3.8) is 0 Å². The number of urea groups is 1. The number of aromatic nitrogens is 3. The molecule has 0 aliphatic carbocycles. The summed E-state index contributed by atoms with van der Waals surface area (Å²) >= 11 is 0. The van der Waals surface area contributed by atoms with Crippen LogP contribution in [0.25, 0.3) is 11.0 Å². The van der Waals surface area contributed by atoms with Gasteiger partial charge in [-0.1, -0.05) is 23.4 Å². The molecule has 21 heavy (non-hydrogen) atoms. The monoisotopic (exact) mass is 282 g/mol. The number of anilines is 2. The van der Waals surface area contributed by atoms with Gasteiger partial charge in [0.1, 0.15) is 5.52 Å². The van der Waals surface area contributed by atoms with E-state index in [9.17, 15) is 4.79 Å². The van der Waals surface area contributed by atoms with Gasteiger partial charge in [0.15, 0.2) is 0 Å². The normalized spacial score (nSPS) is 10.3. The standard InChI is InChI=1S/C14H14N6O/c1-20-13-8-7-11(9-12(13)17-19-20)15-14(21)18-16-10-5-3-2-4-6-10/h2-9,16H,1H3,(H2,15,18,21). The molecule has 3 N–H and O–H groups in total. The summed E-state index contributed by atoms with van der Waals surface area (Å²) in [5.74, 6) is 0. The maximum Gasteiger partial charge on any atom is 0.337 e. The average molecular weight is 282 g/mol.